The normalized spacial score (nSPS) is 32.4. The summed E-state index contributed by atoms with van der Waals surface area (Å²) in [5.41, 5.74) is 0. The van der Waals surface area contributed by atoms with Gasteiger partial charge >= 0.3 is 0 Å². The topological polar surface area (TPSA) is 29.4 Å². The third-order valence-electron chi connectivity index (χ3n) is 2.05. The lowest BCUT2D eigenvalue weighted by atomic mass is 9.98. The van der Waals surface area contributed by atoms with Gasteiger partial charge in [-0.25, -0.2) is 0 Å². The monoisotopic (exact) mass is 179 g/mol. The van der Waals surface area contributed by atoms with Crippen molar-refractivity contribution in [1.82, 2.24) is 0 Å². The van der Waals surface area contributed by atoms with Gasteiger partial charge in [0.25, 0.3) is 0 Å². The van der Waals surface area contributed by atoms with Crippen LogP contribution in [-0.4, -0.2) is 17.4 Å². The summed E-state index contributed by atoms with van der Waals surface area (Å²) in [5.74, 6) is 0.426. The number of fused-ring (bicyclic) bond motifs is 1. The molecule has 0 bridgehead atoms. The fraction of sp³-hybridized carbons (Fsp3) is 0.333. The minimum absolute atomic E-state index is 0.209. The molecule has 0 spiro atoms. The first-order valence-corrected chi connectivity index (χ1v) is 4.72. The van der Waals surface area contributed by atoms with Crippen LogP contribution in [-0.2, 0) is 4.79 Å². The minimum atomic E-state index is 0.209. The molecule has 0 aromatic rings. The van der Waals surface area contributed by atoms with Gasteiger partial charge in [-0.3, -0.25) is 9.79 Å². The first kappa shape index (κ1) is 7.80. The van der Waals surface area contributed by atoms with Crippen LogP contribution in [0.25, 0.3) is 0 Å². The van der Waals surface area contributed by atoms with Crippen LogP contribution in [0, 0.1) is 5.92 Å². The van der Waals surface area contributed by atoms with Gasteiger partial charge < -0.3 is 0 Å². The quantitative estimate of drug-likeness (QED) is 0.574. The molecule has 1 aliphatic carbocycles. The molecule has 0 aromatic heterocycles. The van der Waals surface area contributed by atoms with Crippen molar-refractivity contribution in [1.29, 1.82) is 0 Å². The van der Waals surface area contributed by atoms with Crippen LogP contribution in [0.1, 0.15) is 6.92 Å². The van der Waals surface area contributed by atoms with Gasteiger partial charge in [0.05, 0.1) is 6.04 Å². The van der Waals surface area contributed by atoms with E-state index in [-0.39, 0.29) is 6.04 Å². The van der Waals surface area contributed by atoms with Crippen molar-refractivity contribution in [3.63, 3.8) is 0 Å². The van der Waals surface area contributed by atoms with E-state index in [0.717, 1.165) is 6.29 Å². The van der Waals surface area contributed by atoms with Gasteiger partial charge in [0.15, 0.2) is 6.29 Å². The van der Waals surface area contributed by atoms with E-state index in [1.807, 2.05) is 12.2 Å². The molecule has 2 atom stereocenters. The van der Waals surface area contributed by atoms with Crippen molar-refractivity contribution in [2.45, 2.75) is 13.0 Å². The molecule has 2 unspecified atom stereocenters. The summed E-state index contributed by atoms with van der Waals surface area (Å²) in [6.07, 6.45) is 7.02. The van der Waals surface area contributed by atoms with Crippen molar-refractivity contribution in [2.75, 3.05) is 0 Å². The lowest BCUT2D eigenvalue weighted by Gasteiger charge is -2.16. The number of hydrogen-bond acceptors (Lipinski definition) is 3. The van der Waals surface area contributed by atoms with Crippen molar-refractivity contribution in [3.8, 4) is 0 Å². The lowest BCUT2D eigenvalue weighted by molar-refractivity contribution is -0.102. The number of carbonyl (C=O) groups is 1. The molecule has 12 heavy (non-hydrogen) atoms. The molecule has 0 saturated heterocycles. The number of aliphatic imine (C=N–C) groups is 1. The molecule has 1 aliphatic heterocycles. The highest BCUT2D eigenvalue weighted by atomic mass is 32.2. The molecule has 0 fully saturated rings. The molecule has 0 aromatic carbocycles. The fourth-order valence-electron chi connectivity index (χ4n) is 1.40. The fourth-order valence-corrected chi connectivity index (χ4v) is 2.39. The number of rotatable bonds is 1. The van der Waals surface area contributed by atoms with Crippen LogP contribution in [0.15, 0.2) is 28.1 Å². The van der Waals surface area contributed by atoms with E-state index in [0.29, 0.717) is 11.0 Å². The molecule has 2 nitrogen and oxygen atoms in total. The van der Waals surface area contributed by atoms with Crippen molar-refractivity contribution < 1.29 is 4.79 Å². The lowest BCUT2D eigenvalue weighted by Crippen LogP contribution is -2.14. The van der Waals surface area contributed by atoms with E-state index >= 15 is 0 Å². The first-order chi connectivity index (χ1) is 5.81. The Bertz CT molecular complexity index is 304. The number of nitrogens with zero attached hydrogens (tertiary/aromatic N) is 1. The molecular weight excluding hydrogens is 170 g/mol. The molecule has 0 saturated carbocycles. The molecule has 62 valence electrons. The van der Waals surface area contributed by atoms with Crippen molar-refractivity contribution >= 4 is 23.1 Å². The maximum Gasteiger partial charge on any atom is 0.174 e. The number of aldehydes is 1. The van der Waals surface area contributed by atoms with Crippen LogP contribution in [0.2, 0.25) is 0 Å². The number of hydrogen-bond donors (Lipinski definition) is 0. The average Bonchev–Trinajstić information content (AvgIpc) is 2.49. The Labute approximate surface area is 75.4 Å². The standard InChI is InChI=1S/C9H9NOS/c1-6-3-2-4-7-9(6)10-8(5-11)12-7/h2-6,9H,1H3. The van der Waals surface area contributed by atoms with Crippen LogP contribution in [0.3, 0.4) is 0 Å². The van der Waals surface area contributed by atoms with Crippen molar-refractivity contribution in [3.05, 3.63) is 23.1 Å². The van der Waals surface area contributed by atoms with Gasteiger partial charge in [0.2, 0.25) is 0 Å². The second-order valence-corrected chi connectivity index (χ2v) is 4.04. The SMILES string of the molecule is CC1C=CC=C2SC(C=O)=NC21. The third-order valence-corrected chi connectivity index (χ3v) is 3.08. The summed E-state index contributed by atoms with van der Waals surface area (Å²) in [5, 5.41) is 0.613. The highest BCUT2D eigenvalue weighted by Gasteiger charge is 2.28. The summed E-state index contributed by atoms with van der Waals surface area (Å²) < 4.78 is 0. The predicted molar refractivity (Wildman–Crippen MR) is 51.3 cm³/mol. The summed E-state index contributed by atoms with van der Waals surface area (Å²) in [6, 6.07) is 0.209. The molecular formula is C9H9NOS. The molecule has 0 amide bonds. The Balaban J connectivity index is 2.29. The molecule has 2 rings (SSSR count). The molecule has 2 aliphatic rings. The third kappa shape index (κ3) is 1.14. The smallest absolute Gasteiger partial charge is 0.174 e. The minimum Gasteiger partial charge on any atom is -0.296 e. The van der Waals surface area contributed by atoms with Gasteiger partial charge in [-0.2, -0.15) is 0 Å². The Morgan fingerprint density at radius 1 is 1.67 bits per heavy atom. The molecule has 3 heteroatoms. The van der Waals surface area contributed by atoms with E-state index in [1.165, 1.54) is 16.7 Å². The van der Waals surface area contributed by atoms with Gasteiger partial charge in [-0.1, -0.05) is 36.9 Å². The molecule has 0 radical (unpaired) electrons. The molecule has 0 N–H and O–H groups in total. The highest BCUT2D eigenvalue weighted by molar-refractivity contribution is 8.19. The second kappa shape index (κ2) is 2.90. The van der Waals surface area contributed by atoms with E-state index in [9.17, 15) is 4.79 Å². The second-order valence-electron chi connectivity index (χ2n) is 2.95. The van der Waals surface area contributed by atoms with E-state index < -0.39 is 0 Å². The van der Waals surface area contributed by atoms with E-state index in [4.69, 9.17) is 0 Å². The summed E-state index contributed by atoms with van der Waals surface area (Å²) in [7, 11) is 0. The number of carbonyl (C=O) groups excluding carboxylic acids is 1. The summed E-state index contributed by atoms with van der Waals surface area (Å²) >= 11 is 1.49. The van der Waals surface area contributed by atoms with Gasteiger partial charge in [0.1, 0.15) is 5.04 Å². The van der Waals surface area contributed by atoms with Crippen LogP contribution < -0.4 is 0 Å². The Morgan fingerprint density at radius 3 is 3.17 bits per heavy atom. The van der Waals surface area contributed by atoms with E-state index in [2.05, 4.69) is 18.0 Å². The maximum absolute atomic E-state index is 10.5. The van der Waals surface area contributed by atoms with Gasteiger partial charge in [0, 0.05) is 10.8 Å². The Hall–Kier alpha value is -0.830. The number of allylic oxidation sites excluding steroid dienone is 2. The van der Waals surface area contributed by atoms with Crippen LogP contribution in [0.5, 0.6) is 0 Å². The average molecular weight is 179 g/mol. The van der Waals surface area contributed by atoms with Crippen LogP contribution >= 0.6 is 11.8 Å². The largest absolute Gasteiger partial charge is 0.296 e. The van der Waals surface area contributed by atoms with E-state index in [1.54, 1.807) is 0 Å². The summed E-state index contributed by atoms with van der Waals surface area (Å²) in [6.45, 7) is 2.12. The first-order valence-electron chi connectivity index (χ1n) is 3.90. The van der Waals surface area contributed by atoms with Gasteiger partial charge in [-0.15, -0.1) is 0 Å². The van der Waals surface area contributed by atoms with Gasteiger partial charge in [-0.05, 0) is 0 Å². The summed E-state index contributed by atoms with van der Waals surface area (Å²) in [4.78, 5) is 16.0. The zero-order valence-electron chi connectivity index (χ0n) is 6.73. The van der Waals surface area contributed by atoms with Crippen molar-refractivity contribution in [2.24, 2.45) is 10.9 Å². The maximum atomic E-state index is 10.5. The molecule has 1 heterocycles. The zero-order valence-corrected chi connectivity index (χ0v) is 7.54. The highest BCUT2D eigenvalue weighted by Crippen LogP contribution is 2.36. The van der Waals surface area contributed by atoms with Crippen LogP contribution in [0.4, 0.5) is 0 Å². The Morgan fingerprint density at radius 2 is 2.50 bits per heavy atom. The Kier molecular flexibility index (Phi) is 1.89. The number of thioether (sulfide) groups is 1. The predicted octanol–water partition coefficient (Wildman–Crippen LogP) is 1.79. The zero-order chi connectivity index (χ0) is 8.55.